The molecule has 1 aromatic carbocycles. The van der Waals surface area contributed by atoms with Crippen LogP contribution < -0.4 is 5.32 Å². The van der Waals surface area contributed by atoms with E-state index in [2.05, 4.69) is 24.3 Å². The summed E-state index contributed by atoms with van der Waals surface area (Å²) in [7, 11) is 0. The Morgan fingerprint density at radius 1 is 1.29 bits per heavy atom. The minimum absolute atomic E-state index is 0.0384. The van der Waals surface area contributed by atoms with Crippen LogP contribution in [0.3, 0.4) is 0 Å². The average molecular weight is 284 g/mol. The summed E-state index contributed by atoms with van der Waals surface area (Å²) in [5.41, 5.74) is 1.55. The van der Waals surface area contributed by atoms with Crippen molar-refractivity contribution >= 4 is 5.91 Å². The number of nitrogens with one attached hydrogen (secondary N) is 1. The topological polar surface area (TPSA) is 50.2 Å². The molecular formula is C16H20N4O. The molecule has 5 nitrogen and oxygen atoms in total. The fraction of sp³-hybridized carbons (Fsp3) is 0.375. The SMILES string of the molecule is CC1(C)CN(C(=O)c2cnn(-c3ccccc3)c2)CCN1. The molecule has 0 aliphatic carbocycles. The second kappa shape index (κ2) is 5.33. The van der Waals surface area contributed by atoms with Crippen molar-refractivity contribution in [3.8, 4) is 5.69 Å². The summed E-state index contributed by atoms with van der Waals surface area (Å²) < 4.78 is 1.74. The van der Waals surface area contributed by atoms with Crippen LogP contribution in [0.2, 0.25) is 0 Å². The maximum atomic E-state index is 12.6. The molecule has 1 amide bonds. The molecule has 0 saturated carbocycles. The predicted molar refractivity (Wildman–Crippen MR) is 81.5 cm³/mol. The van der Waals surface area contributed by atoms with Gasteiger partial charge < -0.3 is 10.2 Å². The molecule has 1 aliphatic rings. The fourth-order valence-corrected chi connectivity index (χ4v) is 2.65. The van der Waals surface area contributed by atoms with E-state index < -0.39 is 0 Å². The largest absolute Gasteiger partial charge is 0.335 e. The number of piperazine rings is 1. The van der Waals surface area contributed by atoms with E-state index >= 15 is 0 Å². The number of para-hydroxylation sites is 1. The zero-order valence-electron chi connectivity index (χ0n) is 12.4. The minimum Gasteiger partial charge on any atom is -0.335 e. The molecule has 0 unspecified atom stereocenters. The third-order valence-electron chi connectivity index (χ3n) is 3.71. The number of carbonyl (C=O) groups excluding carboxylic acids is 1. The fourth-order valence-electron chi connectivity index (χ4n) is 2.65. The van der Waals surface area contributed by atoms with E-state index in [-0.39, 0.29) is 11.4 Å². The van der Waals surface area contributed by atoms with Gasteiger partial charge in [0.2, 0.25) is 0 Å². The lowest BCUT2D eigenvalue weighted by atomic mass is 10.0. The Hall–Kier alpha value is -2.14. The summed E-state index contributed by atoms with van der Waals surface area (Å²) >= 11 is 0. The highest BCUT2D eigenvalue weighted by atomic mass is 16.2. The van der Waals surface area contributed by atoms with Crippen molar-refractivity contribution in [1.29, 1.82) is 0 Å². The molecule has 1 aromatic heterocycles. The van der Waals surface area contributed by atoms with E-state index in [1.165, 1.54) is 0 Å². The van der Waals surface area contributed by atoms with Crippen LogP contribution in [0.15, 0.2) is 42.7 Å². The molecular weight excluding hydrogens is 264 g/mol. The average Bonchev–Trinajstić information content (AvgIpc) is 2.96. The number of hydrogen-bond acceptors (Lipinski definition) is 3. The number of nitrogens with zero attached hydrogens (tertiary/aromatic N) is 3. The number of rotatable bonds is 2. The molecule has 3 rings (SSSR count). The first-order valence-electron chi connectivity index (χ1n) is 7.20. The van der Waals surface area contributed by atoms with Crippen LogP contribution >= 0.6 is 0 Å². The minimum atomic E-state index is -0.0384. The van der Waals surface area contributed by atoms with E-state index in [1.54, 1.807) is 17.1 Å². The molecule has 110 valence electrons. The van der Waals surface area contributed by atoms with Crippen LogP contribution in [0, 0.1) is 0 Å². The zero-order chi connectivity index (χ0) is 14.9. The molecule has 21 heavy (non-hydrogen) atoms. The summed E-state index contributed by atoms with van der Waals surface area (Å²) in [5, 5.41) is 7.70. The Bertz CT molecular complexity index is 633. The van der Waals surface area contributed by atoms with Gasteiger partial charge in [0.25, 0.3) is 5.91 Å². The van der Waals surface area contributed by atoms with Gasteiger partial charge in [-0.1, -0.05) is 18.2 Å². The predicted octanol–water partition coefficient (Wildman–Crippen LogP) is 1.70. The van der Waals surface area contributed by atoms with Crippen molar-refractivity contribution < 1.29 is 4.79 Å². The quantitative estimate of drug-likeness (QED) is 0.913. The van der Waals surface area contributed by atoms with Crippen molar-refractivity contribution in [2.45, 2.75) is 19.4 Å². The molecule has 5 heteroatoms. The highest BCUT2D eigenvalue weighted by molar-refractivity contribution is 5.94. The molecule has 0 radical (unpaired) electrons. The number of aromatic nitrogens is 2. The molecule has 2 heterocycles. The molecule has 1 saturated heterocycles. The third kappa shape index (κ3) is 2.97. The summed E-state index contributed by atoms with van der Waals surface area (Å²) in [4.78, 5) is 14.5. The van der Waals surface area contributed by atoms with Crippen LogP contribution in [0.25, 0.3) is 5.69 Å². The van der Waals surface area contributed by atoms with E-state index in [9.17, 15) is 4.79 Å². The van der Waals surface area contributed by atoms with E-state index in [0.29, 0.717) is 12.1 Å². The number of hydrogen-bond donors (Lipinski definition) is 1. The molecule has 1 N–H and O–H groups in total. The van der Waals surface area contributed by atoms with Crippen LogP contribution in [-0.2, 0) is 0 Å². The number of benzene rings is 1. The molecule has 2 aromatic rings. The lowest BCUT2D eigenvalue weighted by molar-refractivity contribution is 0.0652. The van der Waals surface area contributed by atoms with E-state index in [4.69, 9.17) is 0 Å². The number of carbonyl (C=O) groups is 1. The lowest BCUT2D eigenvalue weighted by Crippen LogP contribution is -2.58. The number of amides is 1. The monoisotopic (exact) mass is 284 g/mol. The smallest absolute Gasteiger partial charge is 0.257 e. The van der Waals surface area contributed by atoms with Crippen molar-refractivity contribution in [2.24, 2.45) is 0 Å². The van der Waals surface area contributed by atoms with Crippen molar-refractivity contribution in [3.63, 3.8) is 0 Å². The molecule has 1 fully saturated rings. The molecule has 0 bridgehead atoms. The second-order valence-electron chi connectivity index (χ2n) is 6.05. The normalized spacial score (nSPS) is 17.7. The Labute approximate surface area is 124 Å². The second-order valence-corrected chi connectivity index (χ2v) is 6.05. The van der Waals surface area contributed by atoms with Crippen LogP contribution in [0.4, 0.5) is 0 Å². The third-order valence-corrected chi connectivity index (χ3v) is 3.71. The Morgan fingerprint density at radius 3 is 2.76 bits per heavy atom. The Kier molecular flexibility index (Phi) is 3.51. The van der Waals surface area contributed by atoms with E-state index in [1.807, 2.05) is 35.2 Å². The summed E-state index contributed by atoms with van der Waals surface area (Å²) in [6.45, 7) is 6.49. The Balaban J connectivity index is 1.78. The van der Waals surface area contributed by atoms with E-state index in [0.717, 1.165) is 18.8 Å². The first-order chi connectivity index (χ1) is 10.1. The maximum Gasteiger partial charge on any atom is 0.257 e. The van der Waals surface area contributed by atoms with Gasteiger partial charge in [-0.25, -0.2) is 4.68 Å². The molecule has 0 spiro atoms. The molecule has 1 aliphatic heterocycles. The van der Waals surface area contributed by atoms with Gasteiger partial charge in [0.1, 0.15) is 0 Å². The highest BCUT2D eigenvalue weighted by Crippen LogP contribution is 2.14. The van der Waals surface area contributed by atoms with Crippen LogP contribution in [-0.4, -0.2) is 45.8 Å². The molecule has 0 atom stereocenters. The zero-order valence-corrected chi connectivity index (χ0v) is 12.4. The van der Waals surface area contributed by atoms with Crippen molar-refractivity contribution in [1.82, 2.24) is 20.0 Å². The van der Waals surface area contributed by atoms with Gasteiger partial charge in [0.15, 0.2) is 0 Å². The standard InChI is InChI=1S/C16H20N4O/c1-16(2)12-19(9-8-17-16)15(21)13-10-18-20(11-13)14-6-4-3-5-7-14/h3-7,10-11,17H,8-9,12H2,1-2H3. The summed E-state index contributed by atoms with van der Waals surface area (Å²) in [6, 6.07) is 9.81. The van der Waals surface area contributed by atoms with Gasteiger partial charge in [-0.05, 0) is 26.0 Å². The van der Waals surface area contributed by atoms with Gasteiger partial charge in [-0.15, -0.1) is 0 Å². The summed E-state index contributed by atoms with van der Waals surface area (Å²) in [6.07, 6.45) is 3.44. The first kappa shape index (κ1) is 13.8. The van der Waals surface area contributed by atoms with Crippen molar-refractivity contribution in [2.75, 3.05) is 19.6 Å². The van der Waals surface area contributed by atoms with Gasteiger partial charge in [-0.2, -0.15) is 5.10 Å². The Morgan fingerprint density at radius 2 is 2.05 bits per heavy atom. The lowest BCUT2D eigenvalue weighted by Gasteiger charge is -2.38. The van der Waals surface area contributed by atoms with Gasteiger partial charge in [0.05, 0.1) is 17.4 Å². The highest BCUT2D eigenvalue weighted by Gasteiger charge is 2.29. The first-order valence-corrected chi connectivity index (χ1v) is 7.20. The summed E-state index contributed by atoms with van der Waals surface area (Å²) in [5.74, 6) is 0.0479. The van der Waals surface area contributed by atoms with Gasteiger partial charge >= 0.3 is 0 Å². The van der Waals surface area contributed by atoms with Crippen molar-refractivity contribution in [3.05, 3.63) is 48.3 Å². The van der Waals surface area contributed by atoms with Crippen LogP contribution in [0.5, 0.6) is 0 Å². The maximum absolute atomic E-state index is 12.6. The van der Waals surface area contributed by atoms with Gasteiger partial charge in [-0.3, -0.25) is 4.79 Å². The van der Waals surface area contributed by atoms with Crippen LogP contribution in [0.1, 0.15) is 24.2 Å². The van der Waals surface area contributed by atoms with Gasteiger partial charge in [0, 0.05) is 31.4 Å².